The molecular weight excluding hydrogens is 414 g/mol. The van der Waals surface area contributed by atoms with Crippen LogP contribution in [-0.4, -0.2) is 29.8 Å². The third-order valence-corrected chi connectivity index (χ3v) is 6.17. The molecular formula is C28H29NO4. The zero-order valence-electron chi connectivity index (χ0n) is 19.2. The second-order valence-electron chi connectivity index (χ2n) is 9.52. The first-order valence-electron chi connectivity index (χ1n) is 11.2. The standard InChI is InChI=1S/C28H29NO4/c1-28(2,3)19-10-8-9-18(15-19)16-25(26(30)31)29-27(32)33-17-24-22-13-6-4-11-20(22)21-12-5-7-14-23(21)24/h4-15,24-25H,16-17H2,1-3H3,(H,29,32)(H,30,31). The topological polar surface area (TPSA) is 75.6 Å². The molecule has 2 N–H and O–H groups in total. The van der Waals surface area contributed by atoms with Crippen molar-refractivity contribution in [1.82, 2.24) is 5.32 Å². The van der Waals surface area contributed by atoms with Crippen molar-refractivity contribution in [1.29, 1.82) is 0 Å². The van der Waals surface area contributed by atoms with Gasteiger partial charge in [0.1, 0.15) is 12.6 Å². The van der Waals surface area contributed by atoms with E-state index in [1.807, 2.05) is 60.7 Å². The van der Waals surface area contributed by atoms with E-state index in [9.17, 15) is 14.7 Å². The number of carboxylic acids is 1. The fourth-order valence-corrected chi connectivity index (χ4v) is 4.38. The van der Waals surface area contributed by atoms with Gasteiger partial charge < -0.3 is 15.2 Å². The van der Waals surface area contributed by atoms with E-state index in [0.717, 1.165) is 33.4 Å². The molecule has 0 radical (unpaired) electrons. The van der Waals surface area contributed by atoms with Crippen LogP contribution in [0.4, 0.5) is 4.79 Å². The van der Waals surface area contributed by atoms with Crippen molar-refractivity contribution in [2.75, 3.05) is 6.61 Å². The average Bonchev–Trinajstić information content (AvgIpc) is 3.10. The molecule has 5 nitrogen and oxygen atoms in total. The highest BCUT2D eigenvalue weighted by Gasteiger charge is 2.30. The number of fused-ring (bicyclic) bond motifs is 3. The molecule has 1 aliphatic carbocycles. The van der Waals surface area contributed by atoms with Gasteiger partial charge in [0, 0.05) is 12.3 Å². The number of alkyl carbamates (subject to hydrolysis) is 1. The smallest absolute Gasteiger partial charge is 0.407 e. The minimum atomic E-state index is -1.09. The van der Waals surface area contributed by atoms with Crippen LogP contribution in [0.15, 0.2) is 72.8 Å². The van der Waals surface area contributed by atoms with Crippen LogP contribution in [0, 0.1) is 0 Å². The van der Waals surface area contributed by atoms with Gasteiger partial charge in [-0.2, -0.15) is 0 Å². The lowest BCUT2D eigenvalue weighted by Crippen LogP contribution is -2.43. The first-order valence-corrected chi connectivity index (χ1v) is 11.2. The van der Waals surface area contributed by atoms with E-state index in [1.165, 1.54) is 0 Å². The number of carbonyl (C=O) groups excluding carboxylic acids is 1. The largest absolute Gasteiger partial charge is 0.480 e. The molecule has 5 heteroatoms. The quantitative estimate of drug-likeness (QED) is 0.526. The number of hydrogen-bond donors (Lipinski definition) is 2. The van der Waals surface area contributed by atoms with Gasteiger partial charge in [0.2, 0.25) is 0 Å². The van der Waals surface area contributed by atoms with Crippen molar-refractivity contribution in [3.05, 3.63) is 95.1 Å². The second kappa shape index (κ2) is 9.10. The van der Waals surface area contributed by atoms with Gasteiger partial charge in [0.15, 0.2) is 0 Å². The molecule has 4 rings (SSSR count). The summed E-state index contributed by atoms with van der Waals surface area (Å²) in [5.74, 6) is -1.17. The molecule has 1 amide bonds. The van der Waals surface area contributed by atoms with Crippen LogP contribution in [-0.2, 0) is 21.4 Å². The van der Waals surface area contributed by atoms with E-state index in [4.69, 9.17) is 4.74 Å². The average molecular weight is 444 g/mol. The van der Waals surface area contributed by atoms with Crippen LogP contribution in [0.1, 0.15) is 48.9 Å². The monoisotopic (exact) mass is 443 g/mol. The van der Waals surface area contributed by atoms with Crippen LogP contribution in [0.2, 0.25) is 0 Å². The maximum absolute atomic E-state index is 12.6. The van der Waals surface area contributed by atoms with Gasteiger partial charge in [0.25, 0.3) is 0 Å². The Labute approximate surface area is 194 Å². The lowest BCUT2D eigenvalue weighted by atomic mass is 9.85. The number of benzene rings is 3. The van der Waals surface area contributed by atoms with Crippen LogP contribution in [0.5, 0.6) is 0 Å². The number of hydrogen-bond acceptors (Lipinski definition) is 3. The molecule has 1 unspecified atom stereocenters. The Morgan fingerprint density at radius 1 is 0.939 bits per heavy atom. The number of carboxylic acid groups (broad SMARTS) is 1. The summed E-state index contributed by atoms with van der Waals surface area (Å²) in [6.07, 6.45) is -0.542. The predicted molar refractivity (Wildman–Crippen MR) is 128 cm³/mol. The van der Waals surface area contributed by atoms with E-state index in [1.54, 1.807) is 0 Å². The summed E-state index contributed by atoms with van der Waals surface area (Å²) in [6, 6.07) is 22.9. The molecule has 0 aromatic heterocycles. The number of rotatable bonds is 6. The Bertz CT molecular complexity index is 1130. The zero-order valence-corrected chi connectivity index (χ0v) is 19.2. The van der Waals surface area contributed by atoms with Crippen molar-refractivity contribution < 1.29 is 19.4 Å². The number of carbonyl (C=O) groups is 2. The Morgan fingerprint density at radius 3 is 2.12 bits per heavy atom. The van der Waals surface area contributed by atoms with E-state index in [0.29, 0.717) is 0 Å². The van der Waals surface area contributed by atoms with E-state index in [-0.39, 0.29) is 24.4 Å². The molecule has 3 aromatic rings. The maximum Gasteiger partial charge on any atom is 0.407 e. The number of ether oxygens (including phenoxy) is 1. The third-order valence-electron chi connectivity index (χ3n) is 6.17. The minimum absolute atomic E-state index is 0.0467. The fourth-order valence-electron chi connectivity index (χ4n) is 4.38. The van der Waals surface area contributed by atoms with E-state index in [2.05, 4.69) is 38.2 Å². The maximum atomic E-state index is 12.6. The van der Waals surface area contributed by atoms with Gasteiger partial charge in [-0.25, -0.2) is 9.59 Å². The van der Waals surface area contributed by atoms with Gasteiger partial charge >= 0.3 is 12.1 Å². The molecule has 0 fully saturated rings. The van der Waals surface area contributed by atoms with Gasteiger partial charge in [0.05, 0.1) is 0 Å². The Morgan fingerprint density at radius 2 is 1.55 bits per heavy atom. The molecule has 3 aromatic carbocycles. The van der Waals surface area contributed by atoms with Crippen molar-refractivity contribution in [2.45, 2.75) is 44.6 Å². The van der Waals surface area contributed by atoms with Crippen LogP contribution in [0.3, 0.4) is 0 Å². The molecule has 0 aliphatic heterocycles. The molecule has 0 spiro atoms. The van der Waals surface area contributed by atoms with Crippen LogP contribution >= 0.6 is 0 Å². The highest BCUT2D eigenvalue weighted by molar-refractivity contribution is 5.81. The summed E-state index contributed by atoms with van der Waals surface area (Å²) in [6.45, 7) is 6.47. The zero-order chi connectivity index (χ0) is 23.6. The summed E-state index contributed by atoms with van der Waals surface area (Å²) in [7, 11) is 0. The van der Waals surface area contributed by atoms with E-state index < -0.39 is 18.1 Å². The second-order valence-corrected chi connectivity index (χ2v) is 9.52. The van der Waals surface area contributed by atoms with Crippen molar-refractivity contribution in [3.8, 4) is 11.1 Å². The van der Waals surface area contributed by atoms with Gasteiger partial charge in [-0.3, -0.25) is 0 Å². The van der Waals surface area contributed by atoms with Gasteiger partial charge in [-0.15, -0.1) is 0 Å². The molecule has 0 bridgehead atoms. The van der Waals surface area contributed by atoms with Crippen molar-refractivity contribution in [2.24, 2.45) is 0 Å². The highest BCUT2D eigenvalue weighted by atomic mass is 16.5. The first-order chi connectivity index (χ1) is 15.7. The van der Waals surface area contributed by atoms with Crippen molar-refractivity contribution >= 4 is 12.1 Å². The summed E-state index contributed by atoms with van der Waals surface area (Å²) in [5.41, 5.74) is 6.43. The predicted octanol–water partition coefficient (Wildman–Crippen LogP) is 5.52. The molecule has 33 heavy (non-hydrogen) atoms. The number of nitrogens with one attached hydrogen (secondary N) is 1. The summed E-state index contributed by atoms with van der Waals surface area (Å²) >= 11 is 0. The summed E-state index contributed by atoms with van der Waals surface area (Å²) < 4.78 is 5.52. The Hall–Kier alpha value is -3.60. The lowest BCUT2D eigenvalue weighted by molar-refractivity contribution is -0.139. The molecule has 1 atom stereocenters. The van der Waals surface area contributed by atoms with Crippen LogP contribution < -0.4 is 5.32 Å². The normalized spacial score (nSPS) is 13.7. The SMILES string of the molecule is CC(C)(C)c1cccc(CC(NC(=O)OCC2c3ccccc3-c3ccccc32)C(=O)O)c1. The Kier molecular flexibility index (Phi) is 6.23. The number of amides is 1. The Balaban J connectivity index is 1.43. The first kappa shape index (κ1) is 22.6. The molecule has 0 saturated heterocycles. The summed E-state index contributed by atoms with van der Waals surface area (Å²) in [4.78, 5) is 24.4. The highest BCUT2D eigenvalue weighted by Crippen LogP contribution is 2.44. The molecule has 170 valence electrons. The summed E-state index contributed by atoms with van der Waals surface area (Å²) in [5, 5.41) is 12.2. The molecule has 0 saturated carbocycles. The lowest BCUT2D eigenvalue weighted by Gasteiger charge is -2.21. The minimum Gasteiger partial charge on any atom is -0.480 e. The third kappa shape index (κ3) is 4.92. The van der Waals surface area contributed by atoms with Gasteiger partial charge in [-0.05, 0) is 38.8 Å². The fraction of sp³-hybridized carbons (Fsp3) is 0.286. The molecule has 1 aliphatic rings. The van der Waals surface area contributed by atoms with Crippen LogP contribution in [0.25, 0.3) is 11.1 Å². The molecule has 0 heterocycles. The van der Waals surface area contributed by atoms with Gasteiger partial charge in [-0.1, -0.05) is 93.6 Å². The van der Waals surface area contributed by atoms with E-state index >= 15 is 0 Å². The van der Waals surface area contributed by atoms with Crippen molar-refractivity contribution in [3.63, 3.8) is 0 Å². The number of aliphatic carboxylic acids is 1.